The molecule has 0 aliphatic carbocycles. The molecule has 0 aliphatic rings. The first-order chi connectivity index (χ1) is 9.65. The van der Waals surface area contributed by atoms with E-state index in [1.165, 1.54) is 0 Å². The predicted octanol–water partition coefficient (Wildman–Crippen LogP) is 2.80. The molecule has 4 heteroatoms. The summed E-state index contributed by atoms with van der Waals surface area (Å²) in [6.07, 6.45) is 3.53. The molecule has 0 fully saturated rings. The molecule has 0 radical (unpaired) electrons. The van der Waals surface area contributed by atoms with Crippen molar-refractivity contribution in [2.24, 2.45) is 0 Å². The molecule has 0 saturated carbocycles. The number of benzene rings is 1. The van der Waals surface area contributed by atoms with Gasteiger partial charge in [-0.1, -0.05) is 12.1 Å². The van der Waals surface area contributed by atoms with Crippen molar-refractivity contribution in [3.63, 3.8) is 0 Å². The van der Waals surface area contributed by atoms with E-state index in [2.05, 4.69) is 10.3 Å². The van der Waals surface area contributed by atoms with Crippen molar-refractivity contribution in [2.75, 3.05) is 0 Å². The maximum Gasteiger partial charge on any atom is 0.251 e. The van der Waals surface area contributed by atoms with Crippen LogP contribution < -0.4 is 10.1 Å². The molecule has 20 heavy (non-hydrogen) atoms. The van der Waals surface area contributed by atoms with Crippen molar-refractivity contribution in [2.45, 2.75) is 26.5 Å². The minimum atomic E-state index is -0.122. The van der Waals surface area contributed by atoms with Crippen LogP contribution >= 0.6 is 0 Å². The van der Waals surface area contributed by atoms with Crippen LogP contribution in [0.5, 0.6) is 5.75 Å². The van der Waals surface area contributed by atoms with E-state index < -0.39 is 0 Å². The second-order valence-electron chi connectivity index (χ2n) is 4.74. The number of hydrogen-bond acceptors (Lipinski definition) is 3. The number of nitrogens with zero attached hydrogens (tertiary/aromatic N) is 1. The summed E-state index contributed by atoms with van der Waals surface area (Å²) >= 11 is 0. The largest absolute Gasteiger partial charge is 0.491 e. The van der Waals surface area contributed by atoms with Gasteiger partial charge < -0.3 is 10.1 Å². The third kappa shape index (κ3) is 4.09. The number of amides is 1. The molecule has 0 spiro atoms. The Labute approximate surface area is 118 Å². The fourth-order valence-corrected chi connectivity index (χ4v) is 1.77. The van der Waals surface area contributed by atoms with Gasteiger partial charge in [0, 0.05) is 24.5 Å². The van der Waals surface area contributed by atoms with Gasteiger partial charge in [-0.15, -0.1) is 0 Å². The van der Waals surface area contributed by atoms with Crippen LogP contribution in [-0.4, -0.2) is 17.0 Å². The first kappa shape index (κ1) is 14.1. The molecule has 1 N–H and O–H groups in total. The zero-order valence-corrected chi connectivity index (χ0v) is 11.7. The first-order valence-electron chi connectivity index (χ1n) is 6.59. The van der Waals surface area contributed by atoms with Crippen LogP contribution in [0.1, 0.15) is 29.8 Å². The molecule has 0 bridgehead atoms. The number of ether oxygens (including phenoxy) is 1. The van der Waals surface area contributed by atoms with Crippen LogP contribution in [-0.2, 0) is 6.54 Å². The maximum absolute atomic E-state index is 12.1. The third-order valence-corrected chi connectivity index (χ3v) is 2.64. The Hall–Kier alpha value is -2.36. The van der Waals surface area contributed by atoms with Gasteiger partial charge in [0.25, 0.3) is 5.91 Å². The van der Waals surface area contributed by atoms with Gasteiger partial charge in [0.2, 0.25) is 0 Å². The Morgan fingerprint density at radius 3 is 2.85 bits per heavy atom. The van der Waals surface area contributed by atoms with Crippen molar-refractivity contribution in [3.05, 3.63) is 59.9 Å². The van der Waals surface area contributed by atoms with Gasteiger partial charge >= 0.3 is 0 Å². The number of carbonyl (C=O) groups is 1. The van der Waals surface area contributed by atoms with E-state index in [9.17, 15) is 4.79 Å². The summed E-state index contributed by atoms with van der Waals surface area (Å²) < 4.78 is 5.58. The number of pyridine rings is 1. The second-order valence-corrected chi connectivity index (χ2v) is 4.74. The van der Waals surface area contributed by atoms with Gasteiger partial charge in [0.1, 0.15) is 5.75 Å². The molecule has 0 saturated heterocycles. The van der Waals surface area contributed by atoms with Gasteiger partial charge in [-0.2, -0.15) is 0 Å². The molecule has 0 aliphatic heterocycles. The van der Waals surface area contributed by atoms with Crippen LogP contribution in [0.2, 0.25) is 0 Å². The molecule has 1 aromatic heterocycles. The van der Waals surface area contributed by atoms with Crippen molar-refractivity contribution in [1.29, 1.82) is 0 Å². The summed E-state index contributed by atoms with van der Waals surface area (Å²) in [5.74, 6) is 0.581. The van der Waals surface area contributed by atoms with E-state index in [0.717, 1.165) is 5.56 Å². The predicted molar refractivity (Wildman–Crippen MR) is 77.6 cm³/mol. The molecule has 1 amide bonds. The molecule has 2 rings (SSSR count). The van der Waals surface area contributed by atoms with Crippen LogP contribution in [0, 0.1) is 0 Å². The summed E-state index contributed by atoms with van der Waals surface area (Å²) in [6.45, 7) is 4.37. The zero-order valence-electron chi connectivity index (χ0n) is 11.7. The minimum Gasteiger partial charge on any atom is -0.491 e. The Bertz CT molecular complexity index is 568. The van der Waals surface area contributed by atoms with E-state index in [1.807, 2.05) is 38.1 Å². The molecule has 1 heterocycles. The number of carbonyl (C=O) groups excluding carboxylic acids is 1. The van der Waals surface area contributed by atoms with Gasteiger partial charge in [0.05, 0.1) is 6.10 Å². The highest BCUT2D eigenvalue weighted by Crippen LogP contribution is 2.15. The normalized spacial score (nSPS) is 10.3. The average Bonchev–Trinajstić information content (AvgIpc) is 2.45. The summed E-state index contributed by atoms with van der Waals surface area (Å²) in [5.41, 5.74) is 1.56. The highest BCUT2D eigenvalue weighted by atomic mass is 16.5. The zero-order chi connectivity index (χ0) is 14.4. The number of aromatic nitrogens is 1. The Kier molecular flexibility index (Phi) is 4.71. The van der Waals surface area contributed by atoms with Crippen molar-refractivity contribution >= 4 is 5.91 Å². The number of rotatable bonds is 5. The SMILES string of the molecule is CC(C)Oc1cccc(C(=O)NCc2cccnc2)c1. The van der Waals surface area contributed by atoms with E-state index in [4.69, 9.17) is 4.74 Å². The minimum absolute atomic E-state index is 0.0868. The lowest BCUT2D eigenvalue weighted by Gasteiger charge is -2.11. The monoisotopic (exact) mass is 270 g/mol. The quantitative estimate of drug-likeness (QED) is 0.909. The second kappa shape index (κ2) is 6.70. The molecule has 4 nitrogen and oxygen atoms in total. The smallest absolute Gasteiger partial charge is 0.251 e. The van der Waals surface area contributed by atoms with Gasteiger partial charge in [-0.3, -0.25) is 9.78 Å². The van der Waals surface area contributed by atoms with Crippen LogP contribution in [0.4, 0.5) is 0 Å². The molecule has 0 atom stereocenters. The van der Waals surface area contributed by atoms with Crippen molar-refractivity contribution < 1.29 is 9.53 Å². The highest BCUT2D eigenvalue weighted by Gasteiger charge is 2.07. The molecule has 2 aromatic rings. The third-order valence-electron chi connectivity index (χ3n) is 2.64. The van der Waals surface area contributed by atoms with Crippen molar-refractivity contribution in [1.82, 2.24) is 10.3 Å². The van der Waals surface area contributed by atoms with Crippen LogP contribution in [0.25, 0.3) is 0 Å². The van der Waals surface area contributed by atoms with E-state index in [-0.39, 0.29) is 12.0 Å². The van der Waals surface area contributed by atoms with Gasteiger partial charge in [-0.05, 0) is 43.7 Å². The van der Waals surface area contributed by atoms with E-state index >= 15 is 0 Å². The lowest BCUT2D eigenvalue weighted by atomic mass is 10.2. The van der Waals surface area contributed by atoms with Gasteiger partial charge in [0.15, 0.2) is 0 Å². The van der Waals surface area contributed by atoms with E-state index in [1.54, 1.807) is 24.5 Å². The molecule has 1 aromatic carbocycles. The Morgan fingerprint density at radius 1 is 1.30 bits per heavy atom. The number of nitrogens with one attached hydrogen (secondary N) is 1. The molecular weight excluding hydrogens is 252 g/mol. The van der Waals surface area contributed by atoms with Crippen LogP contribution in [0.3, 0.4) is 0 Å². The standard InChI is InChI=1S/C16H18N2O2/c1-12(2)20-15-7-3-6-14(9-15)16(19)18-11-13-5-4-8-17-10-13/h3-10,12H,11H2,1-2H3,(H,18,19). The summed E-state index contributed by atoms with van der Waals surface area (Å²) in [7, 11) is 0. The Balaban J connectivity index is 1.98. The summed E-state index contributed by atoms with van der Waals surface area (Å²) in [6, 6.07) is 10.9. The topological polar surface area (TPSA) is 51.2 Å². The first-order valence-corrected chi connectivity index (χ1v) is 6.59. The summed E-state index contributed by atoms with van der Waals surface area (Å²) in [4.78, 5) is 16.1. The lowest BCUT2D eigenvalue weighted by molar-refractivity contribution is 0.0950. The lowest BCUT2D eigenvalue weighted by Crippen LogP contribution is -2.22. The maximum atomic E-state index is 12.1. The Morgan fingerprint density at radius 2 is 2.15 bits per heavy atom. The summed E-state index contributed by atoms with van der Waals surface area (Å²) in [5, 5.41) is 2.86. The van der Waals surface area contributed by atoms with E-state index in [0.29, 0.717) is 17.9 Å². The highest BCUT2D eigenvalue weighted by molar-refractivity contribution is 5.94. The fourth-order valence-electron chi connectivity index (χ4n) is 1.77. The molecule has 0 unspecified atom stereocenters. The van der Waals surface area contributed by atoms with Crippen molar-refractivity contribution in [3.8, 4) is 5.75 Å². The average molecular weight is 270 g/mol. The number of hydrogen-bond donors (Lipinski definition) is 1. The van der Waals surface area contributed by atoms with Crippen LogP contribution in [0.15, 0.2) is 48.8 Å². The fraction of sp³-hybridized carbons (Fsp3) is 0.250. The van der Waals surface area contributed by atoms with Gasteiger partial charge in [-0.25, -0.2) is 0 Å². The molecule has 104 valence electrons. The molecular formula is C16H18N2O2.